The summed E-state index contributed by atoms with van der Waals surface area (Å²) >= 11 is 11.8. The fourth-order valence-corrected chi connectivity index (χ4v) is 2.14. The number of hydrogen-bond acceptors (Lipinski definition) is 3. The maximum absolute atomic E-state index is 8.99. The SMILES string of the molecule is OCCN(Cc1ccc(Cl)nc1Cl)C1CC1. The molecule has 88 valence electrons. The van der Waals surface area contributed by atoms with Gasteiger partial charge in [0.05, 0.1) is 6.61 Å². The Bertz CT molecular complexity index is 369. The van der Waals surface area contributed by atoms with Gasteiger partial charge in [-0.15, -0.1) is 0 Å². The van der Waals surface area contributed by atoms with Gasteiger partial charge >= 0.3 is 0 Å². The van der Waals surface area contributed by atoms with Gasteiger partial charge in [-0.3, -0.25) is 4.90 Å². The third-order valence-corrected chi connectivity index (χ3v) is 3.25. The van der Waals surface area contributed by atoms with E-state index in [1.807, 2.05) is 6.07 Å². The van der Waals surface area contributed by atoms with Crippen LogP contribution in [0.4, 0.5) is 0 Å². The van der Waals surface area contributed by atoms with Crippen LogP contribution in [0.5, 0.6) is 0 Å². The molecule has 0 bridgehead atoms. The average Bonchev–Trinajstić information content (AvgIpc) is 3.04. The summed E-state index contributed by atoms with van der Waals surface area (Å²) in [5.41, 5.74) is 0.964. The van der Waals surface area contributed by atoms with Crippen molar-refractivity contribution in [1.29, 1.82) is 0 Å². The van der Waals surface area contributed by atoms with Gasteiger partial charge in [0.15, 0.2) is 0 Å². The Morgan fingerprint density at radius 2 is 2.12 bits per heavy atom. The number of halogens is 2. The molecule has 0 saturated heterocycles. The molecule has 2 rings (SSSR count). The van der Waals surface area contributed by atoms with Crippen molar-refractivity contribution >= 4 is 23.2 Å². The van der Waals surface area contributed by atoms with Crippen molar-refractivity contribution in [2.75, 3.05) is 13.2 Å². The molecule has 0 unspecified atom stereocenters. The molecular weight excluding hydrogens is 247 g/mol. The van der Waals surface area contributed by atoms with E-state index in [-0.39, 0.29) is 6.61 Å². The average molecular weight is 261 g/mol. The van der Waals surface area contributed by atoms with Gasteiger partial charge < -0.3 is 5.11 Å². The first-order valence-electron chi connectivity index (χ1n) is 5.36. The van der Waals surface area contributed by atoms with Gasteiger partial charge in [0, 0.05) is 24.7 Å². The number of aliphatic hydroxyl groups is 1. The van der Waals surface area contributed by atoms with Crippen LogP contribution in [0.2, 0.25) is 10.3 Å². The Hall–Kier alpha value is -0.350. The Morgan fingerprint density at radius 1 is 1.38 bits per heavy atom. The predicted molar refractivity (Wildman–Crippen MR) is 64.8 cm³/mol. The van der Waals surface area contributed by atoms with E-state index in [9.17, 15) is 0 Å². The maximum atomic E-state index is 8.99. The van der Waals surface area contributed by atoms with Crippen molar-refractivity contribution in [3.63, 3.8) is 0 Å². The lowest BCUT2D eigenvalue weighted by atomic mass is 10.2. The van der Waals surface area contributed by atoms with E-state index in [4.69, 9.17) is 28.3 Å². The number of aromatic nitrogens is 1. The second kappa shape index (κ2) is 5.32. The third-order valence-electron chi connectivity index (χ3n) is 2.72. The number of pyridine rings is 1. The van der Waals surface area contributed by atoms with E-state index in [1.54, 1.807) is 6.07 Å². The fraction of sp³-hybridized carbons (Fsp3) is 0.545. The van der Waals surface area contributed by atoms with Crippen LogP contribution < -0.4 is 0 Å². The zero-order valence-corrected chi connectivity index (χ0v) is 10.4. The van der Waals surface area contributed by atoms with Gasteiger partial charge in [-0.25, -0.2) is 4.98 Å². The summed E-state index contributed by atoms with van der Waals surface area (Å²) < 4.78 is 0. The molecule has 1 saturated carbocycles. The summed E-state index contributed by atoms with van der Waals surface area (Å²) in [5.74, 6) is 0. The zero-order valence-electron chi connectivity index (χ0n) is 8.87. The minimum absolute atomic E-state index is 0.176. The second-order valence-corrected chi connectivity index (χ2v) is 4.75. The van der Waals surface area contributed by atoms with Crippen molar-refractivity contribution in [3.8, 4) is 0 Å². The smallest absolute Gasteiger partial charge is 0.135 e. The highest BCUT2D eigenvalue weighted by Crippen LogP contribution is 2.29. The highest BCUT2D eigenvalue weighted by Gasteiger charge is 2.28. The molecule has 1 aromatic heterocycles. The van der Waals surface area contributed by atoms with Crippen molar-refractivity contribution in [3.05, 3.63) is 28.0 Å². The molecule has 0 amide bonds. The quantitative estimate of drug-likeness (QED) is 0.826. The van der Waals surface area contributed by atoms with Crippen LogP contribution in [0, 0.1) is 0 Å². The monoisotopic (exact) mass is 260 g/mol. The van der Waals surface area contributed by atoms with E-state index in [0.29, 0.717) is 22.9 Å². The maximum Gasteiger partial charge on any atom is 0.135 e. The molecule has 0 aliphatic heterocycles. The second-order valence-electron chi connectivity index (χ2n) is 4.01. The molecule has 0 atom stereocenters. The van der Waals surface area contributed by atoms with Gasteiger partial charge in [-0.05, 0) is 18.9 Å². The number of hydrogen-bond donors (Lipinski definition) is 1. The summed E-state index contributed by atoms with van der Waals surface area (Å²) in [5, 5.41) is 9.86. The predicted octanol–water partition coefficient (Wildman–Crippen LogP) is 2.35. The van der Waals surface area contributed by atoms with Crippen molar-refractivity contribution < 1.29 is 5.11 Å². The molecular formula is C11H14Cl2N2O. The zero-order chi connectivity index (χ0) is 11.5. The summed E-state index contributed by atoms with van der Waals surface area (Å²) in [6.07, 6.45) is 2.41. The molecule has 16 heavy (non-hydrogen) atoms. The summed E-state index contributed by atoms with van der Waals surface area (Å²) in [7, 11) is 0. The van der Waals surface area contributed by atoms with Crippen LogP contribution >= 0.6 is 23.2 Å². The Morgan fingerprint density at radius 3 is 2.69 bits per heavy atom. The molecule has 0 aromatic carbocycles. The van der Waals surface area contributed by atoms with Gasteiger partial charge in [0.1, 0.15) is 10.3 Å². The topological polar surface area (TPSA) is 36.4 Å². The summed E-state index contributed by atoms with van der Waals surface area (Å²) in [6, 6.07) is 4.23. The van der Waals surface area contributed by atoms with Crippen LogP contribution in [0.3, 0.4) is 0 Å². The Kier molecular flexibility index (Phi) is 4.03. The minimum atomic E-state index is 0.176. The molecule has 1 N–H and O–H groups in total. The first-order valence-corrected chi connectivity index (χ1v) is 6.12. The molecule has 1 heterocycles. The van der Waals surface area contributed by atoms with Gasteiger partial charge in [0.25, 0.3) is 0 Å². The van der Waals surface area contributed by atoms with E-state index in [1.165, 1.54) is 12.8 Å². The first kappa shape index (κ1) is 12.1. The number of nitrogens with zero attached hydrogens (tertiary/aromatic N) is 2. The lowest BCUT2D eigenvalue weighted by Gasteiger charge is -2.21. The van der Waals surface area contributed by atoms with E-state index < -0.39 is 0 Å². The fourth-order valence-electron chi connectivity index (χ4n) is 1.74. The highest BCUT2D eigenvalue weighted by molar-refractivity contribution is 6.32. The standard InChI is InChI=1S/C11H14Cl2N2O/c12-10-4-1-8(11(13)14-10)7-15(5-6-16)9-2-3-9/h1,4,9,16H,2-3,5-7H2. The lowest BCUT2D eigenvalue weighted by Crippen LogP contribution is -2.28. The largest absolute Gasteiger partial charge is 0.395 e. The van der Waals surface area contributed by atoms with Crippen molar-refractivity contribution in [1.82, 2.24) is 9.88 Å². The van der Waals surface area contributed by atoms with Gasteiger partial charge in [0.2, 0.25) is 0 Å². The van der Waals surface area contributed by atoms with E-state index in [2.05, 4.69) is 9.88 Å². The number of aliphatic hydroxyl groups excluding tert-OH is 1. The van der Waals surface area contributed by atoms with Crippen LogP contribution in [-0.2, 0) is 6.54 Å². The molecule has 5 heteroatoms. The van der Waals surface area contributed by atoms with Crippen LogP contribution in [0.15, 0.2) is 12.1 Å². The normalized spacial score (nSPS) is 15.8. The lowest BCUT2D eigenvalue weighted by molar-refractivity contribution is 0.183. The minimum Gasteiger partial charge on any atom is -0.395 e. The molecule has 1 aromatic rings. The molecule has 1 aliphatic rings. The molecule has 3 nitrogen and oxygen atoms in total. The third kappa shape index (κ3) is 3.08. The van der Waals surface area contributed by atoms with Crippen LogP contribution in [-0.4, -0.2) is 34.2 Å². The molecule has 1 fully saturated rings. The van der Waals surface area contributed by atoms with Crippen molar-refractivity contribution in [2.45, 2.75) is 25.4 Å². The molecule has 0 spiro atoms. The van der Waals surface area contributed by atoms with Gasteiger partial charge in [-0.2, -0.15) is 0 Å². The molecule has 1 aliphatic carbocycles. The Labute approximate surface area is 105 Å². The Balaban J connectivity index is 2.05. The van der Waals surface area contributed by atoms with E-state index in [0.717, 1.165) is 12.1 Å². The number of rotatable bonds is 5. The van der Waals surface area contributed by atoms with Crippen LogP contribution in [0.25, 0.3) is 0 Å². The molecule has 0 radical (unpaired) electrons. The highest BCUT2D eigenvalue weighted by atomic mass is 35.5. The summed E-state index contributed by atoms with van der Waals surface area (Å²) in [6.45, 7) is 1.59. The van der Waals surface area contributed by atoms with Crippen LogP contribution in [0.1, 0.15) is 18.4 Å². The summed E-state index contributed by atoms with van der Waals surface area (Å²) in [4.78, 5) is 6.24. The van der Waals surface area contributed by atoms with Crippen molar-refractivity contribution in [2.24, 2.45) is 0 Å². The van der Waals surface area contributed by atoms with E-state index >= 15 is 0 Å². The van der Waals surface area contributed by atoms with Gasteiger partial charge in [-0.1, -0.05) is 29.3 Å². The first-order chi connectivity index (χ1) is 7.70.